The molecule has 0 aromatic heterocycles. The summed E-state index contributed by atoms with van der Waals surface area (Å²) in [7, 11) is 0. The van der Waals surface area contributed by atoms with E-state index in [-0.39, 0.29) is 24.6 Å². The van der Waals surface area contributed by atoms with Crippen LogP contribution in [0.2, 0.25) is 0 Å². The van der Waals surface area contributed by atoms with Crippen LogP contribution in [0.4, 0.5) is 15.8 Å². The predicted molar refractivity (Wildman–Crippen MR) is 64.0 cm³/mol. The van der Waals surface area contributed by atoms with Crippen LogP contribution in [0.5, 0.6) is 0 Å². The molecule has 1 rings (SSSR count). The van der Waals surface area contributed by atoms with E-state index in [1.807, 2.05) is 0 Å². The molecule has 0 radical (unpaired) electrons. The molecule has 0 saturated carbocycles. The van der Waals surface area contributed by atoms with Gasteiger partial charge in [-0.3, -0.25) is 4.79 Å². The predicted octanol–water partition coefficient (Wildman–Crippen LogP) is 0.0518. The van der Waals surface area contributed by atoms with Crippen LogP contribution in [0.1, 0.15) is 6.92 Å². The Morgan fingerprint density at radius 3 is 2.83 bits per heavy atom. The fraction of sp³-hybridized carbons (Fsp3) is 0.300. The molecule has 98 valence electrons. The second-order valence-corrected chi connectivity index (χ2v) is 3.90. The number of anilines is 1. The first kappa shape index (κ1) is 16.6. The molecule has 0 aliphatic carbocycles. The highest BCUT2D eigenvalue weighted by Gasteiger charge is 2.17. The Morgan fingerprint density at radius 1 is 1.61 bits per heavy atom. The quantitative estimate of drug-likeness (QED) is 0.622. The molecule has 0 atom stereocenters. The summed E-state index contributed by atoms with van der Waals surface area (Å²) >= 11 is 3.12. The third-order valence-electron chi connectivity index (χ3n) is 1.87. The Bertz CT molecular complexity index is 479. The summed E-state index contributed by atoms with van der Waals surface area (Å²) in [5.74, 6) is -1.09. The van der Waals surface area contributed by atoms with E-state index in [1.54, 1.807) is 6.92 Å². The fourth-order valence-electron chi connectivity index (χ4n) is 1.13. The van der Waals surface area contributed by atoms with Crippen LogP contribution in [0.25, 0.3) is 4.98 Å². The van der Waals surface area contributed by atoms with Gasteiger partial charge in [-0.1, -0.05) is 0 Å². The van der Waals surface area contributed by atoms with Crippen LogP contribution in [-0.4, -0.2) is 19.1 Å². The molecule has 1 aromatic carbocycles. The molecule has 0 unspecified atom stereocenters. The van der Waals surface area contributed by atoms with Crippen molar-refractivity contribution in [3.05, 3.63) is 27.4 Å². The second kappa shape index (κ2) is 7.84. The molecule has 5 nitrogen and oxygen atoms in total. The van der Waals surface area contributed by atoms with Crippen LogP contribution < -0.4 is 17.7 Å². The van der Waals surface area contributed by atoms with Gasteiger partial charge in [-0.15, -0.1) is 0 Å². The minimum atomic E-state index is -0.666. The number of rotatable bonds is 4. The van der Waals surface area contributed by atoms with Crippen LogP contribution in [-0.2, 0) is 9.53 Å². The maximum absolute atomic E-state index is 13.1. The lowest BCUT2D eigenvalue weighted by molar-refractivity contribution is -0.140. The Morgan fingerprint density at radius 2 is 2.28 bits per heavy atom. The van der Waals surface area contributed by atoms with Crippen LogP contribution in [0.3, 0.4) is 0 Å². The van der Waals surface area contributed by atoms with Gasteiger partial charge in [-0.05, 0) is 28.9 Å². The minimum Gasteiger partial charge on any atom is -1.00 e. The van der Waals surface area contributed by atoms with Gasteiger partial charge in [0.25, 0.3) is 0 Å². The summed E-state index contributed by atoms with van der Waals surface area (Å²) < 4.78 is 18.3. The van der Waals surface area contributed by atoms with Gasteiger partial charge in [0, 0.05) is 4.47 Å². The van der Waals surface area contributed by atoms with Crippen molar-refractivity contribution in [2.45, 2.75) is 6.92 Å². The summed E-state index contributed by atoms with van der Waals surface area (Å²) in [5.41, 5.74) is 0.229. The number of nitrogens with zero attached hydrogens (tertiary/aromatic N) is 2. The lowest BCUT2D eigenvalue weighted by Gasteiger charge is -2.06. The zero-order chi connectivity index (χ0) is 12.8. The van der Waals surface area contributed by atoms with Gasteiger partial charge in [0.2, 0.25) is 11.2 Å². The van der Waals surface area contributed by atoms with Crippen molar-refractivity contribution in [3.8, 4) is 0 Å². The Hall–Kier alpha value is -1.39. The van der Waals surface area contributed by atoms with Crippen LogP contribution in [0.15, 0.2) is 16.6 Å². The molecular formula is C10H10BrClFN3O2. The van der Waals surface area contributed by atoms with E-state index in [2.05, 4.69) is 26.2 Å². The van der Waals surface area contributed by atoms with E-state index in [9.17, 15) is 9.18 Å². The summed E-state index contributed by atoms with van der Waals surface area (Å²) in [5, 5.41) is 11.3. The molecular weight excluding hydrogens is 328 g/mol. The second-order valence-electron chi connectivity index (χ2n) is 3.04. The number of hydrogen-bond acceptors (Lipinski definition) is 4. The topological polar surface area (TPSA) is 66.5 Å². The molecule has 1 N–H and O–H groups in total. The van der Waals surface area contributed by atoms with Gasteiger partial charge in [0.15, 0.2) is 4.98 Å². The van der Waals surface area contributed by atoms with E-state index in [4.69, 9.17) is 10.1 Å². The van der Waals surface area contributed by atoms with Crippen LogP contribution in [0, 0.1) is 11.2 Å². The average Bonchev–Trinajstić information content (AvgIpc) is 2.28. The SMILES string of the molecule is CCOC(=O)CNc1cc([N+]#N)c(F)cc1Br.[Cl-]. The number of diazo groups is 1. The zero-order valence-corrected chi connectivity index (χ0v) is 11.8. The standard InChI is InChI=1S/C10H10BrFN3O2.ClH/c1-2-17-10(16)5-14-8-4-9(15-13)7(12)3-6(8)11;/h3-4,14H,2,5H2,1H3;1H/q+1;/p-1. The third kappa shape index (κ3) is 4.47. The molecule has 0 aliphatic heterocycles. The average molecular weight is 339 g/mol. The van der Waals surface area contributed by atoms with E-state index in [0.717, 1.165) is 6.07 Å². The van der Waals surface area contributed by atoms with Crippen molar-refractivity contribution in [1.82, 2.24) is 0 Å². The molecule has 8 heteroatoms. The van der Waals surface area contributed by atoms with Gasteiger partial charge in [-0.25, -0.2) is 0 Å². The molecule has 18 heavy (non-hydrogen) atoms. The maximum Gasteiger partial charge on any atom is 0.422 e. The smallest absolute Gasteiger partial charge is 0.422 e. The Balaban J connectivity index is 0.00000289. The van der Waals surface area contributed by atoms with Crippen LogP contribution >= 0.6 is 15.9 Å². The first-order chi connectivity index (χ1) is 8.08. The first-order valence-electron chi connectivity index (χ1n) is 4.82. The number of ether oxygens (including phenoxy) is 1. The minimum absolute atomic E-state index is 0. The molecule has 0 saturated heterocycles. The molecule has 0 bridgehead atoms. The van der Waals surface area contributed by atoms with Gasteiger partial charge in [0.05, 0.1) is 18.4 Å². The lowest BCUT2D eigenvalue weighted by Crippen LogP contribution is -3.00. The zero-order valence-electron chi connectivity index (χ0n) is 9.41. The van der Waals surface area contributed by atoms with Crippen molar-refractivity contribution in [2.24, 2.45) is 0 Å². The molecule has 0 fully saturated rings. The summed E-state index contributed by atoms with van der Waals surface area (Å²) in [6.07, 6.45) is 0. The van der Waals surface area contributed by atoms with Crippen molar-refractivity contribution >= 4 is 33.3 Å². The number of hydrogen-bond donors (Lipinski definition) is 1. The molecule has 0 aliphatic rings. The number of nitrogens with one attached hydrogen (secondary N) is 1. The van der Waals surface area contributed by atoms with Crippen molar-refractivity contribution in [2.75, 3.05) is 18.5 Å². The Labute approximate surface area is 118 Å². The third-order valence-corrected chi connectivity index (χ3v) is 2.53. The summed E-state index contributed by atoms with van der Waals surface area (Å²) in [6.45, 7) is 1.94. The number of carbonyl (C=O) groups is 1. The highest BCUT2D eigenvalue weighted by molar-refractivity contribution is 9.10. The number of halogens is 3. The molecule has 1 aromatic rings. The van der Waals surface area contributed by atoms with Gasteiger partial charge >= 0.3 is 11.7 Å². The summed E-state index contributed by atoms with van der Waals surface area (Å²) in [6, 6.07) is 2.42. The van der Waals surface area contributed by atoms with Crippen molar-refractivity contribution in [3.63, 3.8) is 0 Å². The molecule has 0 amide bonds. The van der Waals surface area contributed by atoms with Crippen molar-refractivity contribution in [1.29, 1.82) is 5.39 Å². The largest absolute Gasteiger partial charge is 1.00 e. The highest BCUT2D eigenvalue weighted by atomic mass is 79.9. The Kier molecular flexibility index (Phi) is 7.24. The van der Waals surface area contributed by atoms with Gasteiger partial charge in [-0.2, -0.15) is 4.39 Å². The molecule has 0 heterocycles. The van der Waals surface area contributed by atoms with E-state index >= 15 is 0 Å². The monoisotopic (exact) mass is 337 g/mol. The number of carbonyl (C=O) groups excluding carboxylic acids is 1. The summed E-state index contributed by atoms with van der Waals surface area (Å²) in [4.78, 5) is 13.9. The fourth-order valence-corrected chi connectivity index (χ4v) is 1.58. The lowest BCUT2D eigenvalue weighted by atomic mass is 10.2. The van der Waals surface area contributed by atoms with E-state index in [1.165, 1.54) is 6.07 Å². The van der Waals surface area contributed by atoms with Gasteiger partial charge in [0.1, 0.15) is 6.54 Å². The first-order valence-corrected chi connectivity index (χ1v) is 5.61. The maximum atomic E-state index is 13.1. The normalized spacial score (nSPS) is 9.00. The molecule has 0 spiro atoms. The van der Waals surface area contributed by atoms with Gasteiger partial charge < -0.3 is 22.5 Å². The highest BCUT2D eigenvalue weighted by Crippen LogP contribution is 2.30. The van der Waals surface area contributed by atoms with E-state index < -0.39 is 11.8 Å². The van der Waals surface area contributed by atoms with Crippen molar-refractivity contribution < 1.29 is 26.3 Å². The number of benzene rings is 1. The van der Waals surface area contributed by atoms with E-state index in [0.29, 0.717) is 16.8 Å². The number of esters is 1.